The number of para-hydroxylation sites is 1. The van der Waals surface area contributed by atoms with Crippen molar-refractivity contribution in [1.82, 2.24) is 15.2 Å². The Morgan fingerprint density at radius 1 is 0.889 bits per heavy atom. The van der Waals surface area contributed by atoms with Gasteiger partial charge in [-0.2, -0.15) is 0 Å². The largest absolute Gasteiger partial charge is 0.315 e. The van der Waals surface area contributed by atoms with Crippen molar-refractivity contribution in [1.29, 1.82) is 0 Å². The molecule has 1 aliphatic rings. The van der Waals surface area contributed by atoms with Gasteiger partial charge in [0.05, 0.1) is 16.3 Å². The van der Waals surface area contributed by atoms with Crippen LogP contribution in [0, 0.1) is 0 Å². The highest BCUT2D eigenvalue weighted by Crippen LogP contribution is 2.37. The second-order valence-electron chi connectivity index (χ2n) is 7.13. The van der Waals surface area contributed by atoms with Gasteiger partial charge < -0.3 is 5.32 Å². The molecule has 0 amide bonds. The summed E-state index contributed by atoms with van der Waals surface area (Å²) in [5, 5.41) is 7.38. The van der Waals surface area contributed by atoms with Crippen LogP contribution in [0.3, 0.4) is 0 Å². The standard InChI is InChI=1S/C23H23N3S/c1-2-9-18-17(7-1)8-5-10-19(18)22(26-15-6-13-24-14-16-26)23-25-20-11-3-4-12-21(20)27-23/h1-5,7-12,22,24H,6,13-16H2. The van der Waals surface area contributed by atoms with E-state index in [-0.39, 0.29) is 6.04 Å². The van der Waals surface area contributed by atoms with E-state index in [1.165, 1.54) is 32.5 Å². The fourth-order valence-electron chi connectivity index (χ4n) is 4.11. The van der Waals surface area contributed by atoms with Crippen LogP contribution in [0.2, 0.25) is 0 Å². The summed E-state index contributed by atoms with van der Waals surface area (Å²) in [7, 11) is 0. The van der Waals surface area contributed by atoms with E-state index in [1.54, 1.807) is 0 Å². The molecule has 4 heteroatoms. The van der Waals surface area contributed by atoms with Gasteiger partial charge in [-0.25, -0.2) is 4.98 Å². The minimum absolute atomic E-state index is 0.202. The average Bonchev–Trinajstić information content (AvgIpc) is 2.95. The van der Waals surface area contributed by atoms with Crippen molar-refractivity contribution < 1.29 is 0 Å². The first kappa shape index (κ1) is 16.9. The summed E-state index contributed by atoms with van der Waals surface area (Å²) < 4.78 is 1.27. The van der Waals surface area contributed by atoms with Crippen LogP contribution >= 0.6 is 11.3 Å². The average molecular weight is 374 g/mol. The molecule has 3 nitrogen and oxygen atoms in total. The topological polar surface area (TPSA) is 28.2 Å². The van der Waals surface area contributed by atoms with E-state index >= 15 is 0 Å². The zero-order valence-corrected chi connectivity index (χ0v) is 16.1. The van der Waals surface area contributed by atoms with Crippen molar-refractivity contribution in [3.05, 3.63) is 77.3 Å². The summed E-state index contributed by atoms with van der Waals surface area (Å²) in [6.45, 7) is 4.27. The minimum atomic E-state index is 0.202. The number of aromatic nitrogens is 1. The van der Waals surface area contributed by atoms with Crippen molar-refractivity contribution >= 4 is 32.3 Å². The van der Waals surface area contributed by atoms with Crippen molar-refractivity contribution in [3.63, 3.8) is 0 Å². The van der Waals surface area contributed by atoms with Gasteiger partial charge in [0.2, 0.25) is 0 Å². The lowest BCUT2D eigenvalue weighted by atomic mass is 9.97. The lowest BCUT2D eigenvalue weighted by molar-refractivity contribution is 0.242. The number of thiazole rings is 1. The second-order valence-corrected chi connectivity index (χ2v) is 8.19. The van der Waals surface area contributed by atoms with Crippen molar-refractivity contribution in [3.8, 4) is 0 Å². The Bertz CT molecular complexity index is 1030. The monoisotopic (exact) mass is 373 g/mol. The molecule has 0 saturated carbocycles. The SMILES string of the molecule is c1ccc2c(C(c3nc4ccccc4s3)N3CCCNCC3)cccc2c1. The maximum Gasteiger partial charge on any atom is 0.116 e. The molecule has 1 aliphatic heterocycles. The predicted octanol–water partition coefficient (Wildman–Crippen LogP) is 4.83. The highest BCUT2D eigenvalue weighted by atomic mass is 32.1. The molecule has 27 heavy (non-hydrogen) atoms. The summed E-state index contributed by atoms with van der Waals surface area (Å²) in [5.41, 5.74) is 2.48. The molecule has 1 aromatic heterocycles. The predicted molar refractivity (Wildman–Crippen MR) is 114 cm³/mol. The Morgan fingerprint density at radius 3 is 2.70 bits per heavy atom. The molecule has 1 unspecified atom stereocenters. The highest BCUT2D eigenvalue weighted by molar-refractivity contribution is 7.18. The normalized spacial score (nSPS) is 17.2. The van der Waals surface area contributed by atoms with Gasteiger partial charge in [-0.3, -0.25) is 4.90 Å². The first-order chi connectivity index (χ1) is 13.4. The Morgan fingerprint density at radius 2 is 1.74 bits per heavy atom. The molecular weight excluding hydrogens is 350 g/mol. The zero-order valence-electron chi connectivity index (χ0n) is 15.3. The number of hydrogen-bond acceptors (Lipinski definition) is 4. The molecule has 0 radical (unpaired) electrons. The van der Waals surface area contributed by atoms with Gasteiger partial charge in [0.15, 0.2) is 0 Å². The third-order valence-electron chi connectivity index (χ3n) is 5.40. The fourth-order valence-corrected chi connectivity index (χ4v) is 5.23. The molecule has 1 saturated heterocycles. The number of fused-ring (bicyclic) bond motifs is 2. The van der Waals surface area contributed by atoms with Gasteiger partial charge >= 0.3 is 0 Å². The molecule has 3 aromatic carbocycles. The molecule has 136 valence electrons. The van der Waals surface area contributed by atoms with Crippen LogP contribution in [-0.2, 0) is 0 Å². The van der Waals surface area contributed by atoms with E-state index in [0.717, 1.165) is 31.7 Å². The molecule has 2 heterocycles. The van der Waals surface area contributed by atoms with Crippen LogP contribution in [-0.4, -0.2) is 36.1 Å². The van der Waals surface area contributed by atoms with Gasteiger partial charge in [-0.05, 0) is 41.4 Å². The Balaban J connectivity index is 1.69. The molecular formula is C23H23N3S. The molecule has 0 bridgehead atoms. The van der Waals surface area contributed by atoms with Crippen LogP contribution < -0.4 is 5.32 Å². The molecule has 1 fully saturated rings. The first-order valence-corrected chi connectivity index (χ1v) is 10.5. The van der Waals surface area contributed by atoms with Crippen LogP contribution in [0.4, 0.5) is 0 Å². The van der Waals surface area contributed by atoms with Gasteiger partial charge in [0.1, 0.15) is 5.01 Å². The van der Waals surface area contributed by atoms with Crippen molar-refractivity contribution in [2.75, 3.05) is 26.2 Å². The number of nitrogens with zero attached hydrogens (tertiary/aromatic N) is 2. The molecule has 0 aliphatic carbocycles. The number of benzene rings is 3. The van der Waals surface area contributed by atoms with E-state index in [2.05, 4.69) is 76.9 Å². The van der Waals surface area contributed by atoms with E-state index in [0.29, 0.717) is 0 Å². The zero-order chi connectivity index (χ0) is 18.1. The molecule has 0 spiro atoms. The number of nitrogens with one attached hydrogen (secondary N) is 1. The van der Waals surface area contributed by atoms with Gasteiger partial charge in [-0.1, -0.05) is 54.6 Å². The van der Waals surface area contributed by atoms with E-state index in [1.807, 2.05) is 11.3 Å². The van der Waals surface area contributed by atoms with Crippen LogP contribution in [0.1, 0.15) is 23.0 Å². The summed E-state index contributed by atoms with van der Waals surface area (Å²) in [6.07, 6.45) is 1.17. The van der Waals surface area contributed by atoms with E-state index in [4.69, 9.17) is 4.98 Å². The van der Waals surface area contributed by atoms with Crippen LogP contribution in [0.5, 0.6) is 0 Å². The third kappa shape index (κ3) is 3.25. The maximum atomic E-state index is 5.06. The van der Waals surface area contributed by atoms with Crippen LogP contribution in [0.15, 0.2) is 66.7 Å². The number of hydrogen-bond donors (Lipinski definition) is 1. The van der Waals surface area contributed by atoms with Crippen molar-refractivity contribution in [2.45, 2.75) is 12.5 Å². The summed E-state index contributed by atoms with van der Waals surface area (Å²) in [4.78, 5) is 7.67. The molecule has 4 aromatic rings. The second kappa shape index (κ2) is 7.39. The van der Waals surface area contributed by atoms with Gasteiger partial charge in [-0.15, -0.1) is 11.3 Å². The molecule has 1 N–H and O–H groups in total. The first-order valence-electron chi connectivity index (χ1n) is 9.68. The van der Waals surface area contributed by atoms with E-state index in [9.17, 15) is 0 Å². The van der Waals surface area contributed by atoms with Gasteiger partial charge in [0.25, 0.3) is 0 Å². The smallest absolute Gasteiger partial charge is 0.116 e. The third-order valence-corrected chi connectivity index (χ3v) is 6.49. The summed E-state index contributed by atoms with van der Waals surface area (Å²) in [6, 6.07) is 24.1. The van der Waals surface area contributed by atoms with Gasteiger partial charge in [0, 0.05) is 19.6 Å². The lowest BCUT2D eigenvalue weighted by Gasteiger charge is -2.30. The fraction of sp³-hybridized carbons (Fsp3) is 0.261. The van der Waals surface area contributed by atoms with Crippen LogP contribution in [0.25, 0.3) is 21.0 Å². The summed E-state index contributed by atoms with van der Waals surface area (Å²) >= 11 is 1.84. The quantitative estimate of drug-likeness (QED) is 0.557. The molecule has 1 atom stereocenters. The van der Waals surface area contributed by atoms with E-state index < -0.39 is 0 Å². The highest BCUT2D eigenvalue weighted by Gasteiger charge is 2.27. The maximum absolute atomic E-state index is 5.06. The number of rotatable bonds is 3. The Hall–Kier alpha value is -2.27. The summed E-state index contributed by atoms with van der Waals surface area (Å²) in [5.74, 6) is 0. The van der Waals surface area contributed by atoms with Crippen molar-refractivity contribution in [2.24, 2.45) is 0 Å². The lowest BCUT2D eigenvalue weighted by Crippen LogP contribution is -2.33. The Kier molecular flexibility index (Phi) is 4.62. The molecule has 5 rings (SSSR count). The Labute approximate surface area is 163 Å². The minimum Gasteiger partial charge on any atom is -0.315 e.